The van der Waals surface area contributed by atoms with Crippen molar-refractivity contribution in [2.45, 2.75) is 45.3 Å². The Morgan fingerprint density at radius 1 is 1.56 bits per heavy atom. The molecule has 1 saturated heterocycles. The summed E-state index contributed by atoms with van der Waals surface area (Å²) in [4.78, 5) is 0. The van der Waals surface area contributed by atoms with Crippen molar-refractivity contribution in [2.75, 3.05) is 11.5 Å². The average molecular weight is 271 g/mol. The first-order valence-electron chi connectivity index (χ1n) is 6.28. The van der Waals surface area contributed by atoms with Crippen LogP contribution in [-0.2, 0) is 16.4 Å². The predicted molar refractivity (Wildman–Crippen MR) is 71.1 cm³/mol. The maximum Gasteiger partial charge on any atom is 0.152 e. The molecule has 1 N–H and O–H groups in total. The maximum absolute atomic E-state index is 11.5. The Morgan fingerprint density at radius 3 is 2.78 bits per heavy atom. The number of nitrogens with one attached hydrogen (secondary N) is 1. The van der Waals surface area contributed by atoms with Crippen LogP contribution >= 0.6 is 0 Å². The molecule has 0 aliphatic carbocycles. The van der Waals surface area contributed by atoms with Gasteiger partial charge in [0.25, 0.3) is 0 Å². The average Bonchev–Trinajstić information content (AvgIpc) is 2.81. The highest BCUT2D eigenvalue weighted by atomic mass is 32.2. The molecule has 1 aliphatic heterocycles. The van der Waals surface area contributed by atoms with Crippen LogP contribution in [0.5, 0.6) is 0 Å². The zero-order chi connectivity index (χ0) is 13.4. The molecule has 102 valence electrons. The Hall–Kier alpha value is -0.880. The third-order valence-electron chi connectivity index (χ3n) is 3.41. The lowest BCUT2D eigenvalue weighted by molar-refractivity contribution is 0.395. The van der Waals surface area contributed by atoms with E-state index < -0.39 is 9.84 Å². The first-order valence-corrected chi connectivity index (χ1v) is 8.10. The molecule has 1 fully saturated rings. The van der Waals surface area contributed by atoms with Gasteiger partial charge in [0.15, 0.2) is 9.84 Å². The largest absolute Gasteiger partial charge is 0.306 e. The molecule has 1 aromatic heterocycles. The van der Waals surface area contributed by atoms with Gasteiger partial charge in [-0.15, -0.1) is 0 Å². The smallest absolute Gasteiger partial charge is 0.152 e. The molecule has 0 amide bonds. The van der Waals surface area contributed by atoms with Gasteiger partial charge in [0.2, 0.25) is 0 Å². The fraction of sp³-hybridized carbons (Fsp3) is 0.750. The molecule has 2 heterocycles. The molecule has 1 aliphatic rings. The summed E-state index contributed by atoms with van der Waals surface area (Å²) in [5.74, 6) is 0.528. The van der Waals surface area contributed by atoms with E-state index in [-0.39, 0.29) is 11.3 Å². The third kappa shape index (κ3) is 3.11. The number of hydrogen-bond donors (Lipinski definition) is 1. The van der Waals surface area contributed by atoms with Crippen molar-refractivity contribution in [3.8, 4) is 0 Å². The van der Waals surface area contributed by atoms with Crippen LogP contribution in [-0.4, -0.2) is 35.2 Å². The molecule has 0 saturated carbocycles. The number of nitrogens with zero attached hydrogens (tertiary/aromatic N) is 2. The van der Waals surface area contributed by atoms with Crippen molar-refractivity contribution in [3.63, 3.8) is 0 Å². The van der Waals surface area contributed by atoms with E-state index in [2.05, 4.69) is 24.3 Å². The normalized spacial score (nSPS) is 26.9. The summed E-state index contributed by atoms with van der Waals surface area (Å²) in [5, 5.41) is 7.62. The summed E-state index contributed by atoms with van der Waals surface area (Å²) < 4.78 is 24.9. The minimum Gasteiger partial charge on any atom is -0.306 e. The van der Waals surface area contributed by atoms with E-state index in [1.165, 1.54) is 0 Å². The van der Waals surface area contributed by atoms with E-state index in [1.807, 2.05) is 24.0 Å². The molecule has 18 heavy (non-hydrogen) atoms. The standard InChI is InChI=1S/C12H21N3O2S/c1-10(2)15-8-11(7-14-15)6-13-12(3)4-5-18(16,17)9-12/h7-8,10,13H,4-6,9H2,1-3H3. The van der Waals surface area contributed by atoms with Crippen LogP contribution < -0.4 is 5.32 Å². The van der Waals surface area contributed by atoms with Gasteiger partial charge < -0.3 is 5.32 Å². The Labute approximate surface area is 108 Å². The summed E-state index contributed by atoms with van der Waals surface area (Å²) >= 11 is 0. The quantitative estimate of drug-likeness (QED) is 0.891. The molecule has 1 unspecified atom stereocenters. The predicted octanol–water partition coefficient (Wildman–Crippen LogP) is 1.13. The van der Waals surface area contributed by atoms with E-state index in [9.17, 15) is 8.42 Å². The van der Waals surface area contributed by atoms with Gasteiger partial charge in [-0.25, -0.2) is 8.42 Å². The maximum atomic E-state index is 11.5. The molecule has 1 aromatic rings. The molecule has 5 nitrogen and oxygen atoms in total. The molecular formula is C12H21N3O2S. The van der Waals surface area contributed by atoms with Crippen LogP contribution in [0.4, 0.5) is 0 Å². The second-order valence-electron chi connectivity index (χ2n) is 5.68. The highest BCUT2D eigenvalue weighted by Crippen LogP contribution is 2.23. The summed E-state index contributed by atoms with van der Waals surface area (Å²) in [7, 11) is -2.85. The molecule has 0 radical (unpaired) electrons. The van der Waals surface area contributed by atoms with Crippen molar-refractivity contribution in [2.24, 2.45) is 0 Å². The van der Waals surface area contributed by atoms with Crippen molar-refractivity contribution in [1.82, 2.24) is 15.1 Å². The second-order valence-corrected chi connectivity index (χ2v) is 7.86. The molecular weight excluding hydrogens is 250 g/mol. The van der Waals surface area contributed by atoms with E-state index in [1.54, 1.807) is 0 Å². The highest BCUT2D eigenvalue weighted by molar-refractivity contribution is 7.91. The number of hydrogen-bond acceptors (Lipinski definition) is 4. The monoisotopic (exact) mass is 271 g/mol. The van der Waals surface area contributed by atoms with E-state index >= 15 is 0 Å². The highest BCUT2D eigenvalue weighted by Gasteiger charge is 2.37. The van der Waals surface area contributed by atoms with Gasteiger partial charge in [-0.3, -0.25) is 4.68 Å². The lowest BCUT2D eigenvalue weighted by Gasteiger charge is -2.23. The number of sulfone groups is 1. The molecule has 0 bridgehead atoms. The van der Waals surface area contributed by atoms with Crippen molar-refractivity contribution in [1.29, 1.82) is 0 Å². The van der Waals surface area contributed by atoms with Crippen LogP contribution in [0, 0.1) is 0 Å². The minimum atomic E-state index is -2.85. The molecule has 0 spiro atoms. The molecule has 0 aromatic carbocycles. The summed E-state index contributed by atoms with van der Waals surface area (Å²) in [5.41, 5.74) is 0.799. The zero-order valence-electron chi connectivity index (χ0n) is 11.2. The molecule has 6 heteroatoms. The van der Waals surface area contributed by atoms with Crippen molar-refractivity contribution in [3.05, 3.63) is 18.0 Å². The van der Waals surface area contributed by atoms with Crippen LogP contribution in [0.15, 0.2) is 12.4 Å². The first-order chi connectivity index (χ1) is 8.30. The van der Waals surface area contributed by atoms with Crippen molar-refractivity contribution >= 4 is 9.84 Å². The van der Waals surface area contributed by atoms with E-state index in [0.717, 1.165) is 5.56 Å². The minimum absolute atomic E-state index is 0.234. The van der Waals surface area contributed by atoms with E-state index in [4.69, 9.17) is 0 Å². The Balaban J connectivity index is 1.95. The van der Waals surface area contributed by atoms with Crippen LogP contribution in [0.25, 0.3) is 0 Å². The van der Waals surface area contributed by atoms with Gasteiger partial charge in [-0.1, -0.05) is 0 Å². The van der Waals surface area contributed by atoms with Crippen molar-refractivity contribution < 1.29 is 8.42 Å². The van der Waals surface area contributed by atoms with Crippen LogP contribution in [0.3, 0.4) is 0 Å². The van der Waals surface area contributed by atoms with Gasteiger partial charge in [0.05, 0.1) is 17.7 Å². The van der Waals surface area contributed by atoms with Gasteiger partial charge in [0.1, 0.15) is 0 Å². The fourth-order valence-corrected chi connectivity index (χ4v) is 4.34. The topological polar surface area (TPSA) is 64.0 Å². The molecule has 2 rings (SSSR count). The lowest BCUT2D eigenvalue weighted by atomic mass is 10.0. The lowest BCUT2D eigenvalue weighted by Crippen LogP contribution is -2.42. The third-order valence-corrected chi connectivity index (χ3v) is 5.31. The number of aromatic nitrogens is 2. The summed E-state index contributed by atoms with van der Waals surface area (Å²) in [6.07, 6.45) is 4.53. The van der Waals surface area contributed by atoms with E-state index in [0.29, 0.717) is 24.8 Å². The van der Waals surface area contributed by atoms with Crippen LogP contribution in [0.1, 0.15) is 38.8 Å². The second kappa shape index (κ2) is 4.66. The van der Waals surface area contributed by atoms with Crippen LogP contribution in [0.2, 0.25) is 0 Å². The Morgan fingerprint density at radius 2 is 2.28 bits per heavy atom. The Kier molecular flexibility index (Phi) is 3.51. The van der Waals surface area contributed by atoms with Gasteiger partial charge in [-0.05, 0) is 27.2 Å². The first kappa shape index (κ1) is 13.5. The van der Waals surface area contributed by atoms with Gasteiger partial charge >= 0.3 is 0 Å². The summed E-state index contributed by atoms with van der Waals surface area (Å²) in [6.45, 7) is 6.80. The van der Waals surface area contributed by atoms with Gasteiger partial charge in [0, 0.05) is 29.9 Å². The van der Waals surface area contributed by atoms with Gasteiger partial charge in [-0.2, -0.15) is 5.10 Å². The SMILES string of the molecule is CC(C)n1cc(CNC2(C)CCS(=O)(=O)C2)cn1. The Bertz CT molecular complexity index is 521. The number of rotatable bonds is 4. The fourth-order valence-electron chi connectivity index (χ4n) is 2.22. The summed E-state index contributed by atoms with van der Waals surface area (Å²) in [6, 6.07) is 0.348. The molecule has 1 atom stereocenters. The zero-order valence-corrected chi connectivity index (χ0v) is 12.0.